The van der Waals surface area contributed by atoms with Crippen LogP contribution in [0.1, 0.15) is 12.8 Å². The Labute approximate surface area is 94.9 Å². The van der Waals surface area contributed by atoms with Gasteiger partial charge in [-0.2, -0.15) is 5.10 Å². The number of rotatable bonds is 2. The molecule has 86 valence electrons. The second kappa shape index (κ2) is 4.92. The molecule has 0 saturated carbocycles. The van der Waals surface area contributed by atoms with Crippen LogP contribution in [0.3, 0.4) is 0 Å². The van der Waals surface area contributed by atoms with Gasteiger partial charge in [-0.1, -0.05) is 0 Å². The number of carbonyl (C=O) groups is 1. The lowest BCUT2D eigenvalue weighted by Crippen LogP contribution is -2.42. The maximum absolute atomic E-state index is 11.6. The zero-order valence-corrected chi connectivity index (χ0v) is 9.39. The number of hydrogen-bond donors (Lipinski definition) is 1. The first kappa shape index (κ1) is 10.9. The lowest BCUT2D eigenvalue weighted by atomic mass is 9.97. The Morgan fingerprint density at radius 3 is 3.19 bits per heavy atom. The first-order chi connectivity index (χ1) is 7.81. The second-order valence-electron chi connectivity index (χ2n) is 3.98. The van der Waals surface area contributed by atoms with Crippen LogP contribution in [0.5, 0.6) is 0 Å². The summed E-state index contributed by atoms with van der Waals surface area (Å²) >= 11 is 0. The molecule has 0 radical (unpaired) electrons. The van der Waals surface area contributed by atoms with Crippen molar-refractivity contribution in [3.8, 4) is 0 Å². The van der Waals surface area contributed by atoms with Crippen molar-refractivity contribution in [2.75, 3.05) is 25.0 Å². The monoisotopic (exact) mass is 220 g/mol. The highest BCUT2D eigenvalue weighted by Gasteiger charge is 2.25. The van der Waals surface area contributed by atoms with Crippen molar-refractivity contribution in [2.45, 2.75) is 12.8 Å². The molecule has 1 N–H and O–H groups in total. The molecule has 1 aliphatic heterocycles. The maximum Gasteiger partial charge on any atom is 0.224 e. The van der Waals surface area contributed by atoms with Gasteiger partial charge in [-0.15, -0.1) is 5.10 Å². The zero-order chi connectivity index (χ0) is 11.4. The quantitative estimate of drug-likeness (QED) is 0.785. The first-order valence-corrected chi connectivity index (χ1v) is 5.55. The standard InChI is InChI=1S/C11H16N4O/c1-12-11(16)9-4-3-7-15(8-9)10-5-2-6-13-14-10/h2,5-6,9H,3-4,7-8H2,1H3,(H,12,16). The summed E-state index contributed by atoms with van der Waals surface area (Å²) in [4.78, 5) is 13.7. The van der Waals surface area contributed by atoms with Gasteiger partial charge in [-0.3, -0.25) is 4.79 Å². The summed E-state index contributed by atoms with van der Waals surface area (Å²) in [5.74, 6) is 1.05. The Morgan fingerprint density at radius 1 is 1.62 bits per heavy atom. The molecule has 5 heteroatoms. The molecule has 1 amide bonds. The molecule has 1 aromatic rings. The van der Waals surface area contributed by atoms with Crippen molar-refractivity contribution >= 4 is 11.7 Å². The van der Waals surface area contributed by atoms with Gasteiger partial charge < -0.3 is 10.2 Å². The Bertz CT molecular complexity index is 354. The van der Waals surface area contributed by atoms with Gasteiger partial charge in [0.1, 0.15) is 0 Å². The Hall–Kier alpha value is -1.65. The molecule has 16 heavy (non-hydrogen) atoms. The molecule has 1 aromatic heterocycles. The number of amides is 1. The molecular formula is C11H16N4O. The van der Waals surface area contributed by atoms with Crippen molar-refractivity contribution < 1.29 is 4.79 Å². The third-order valence-corrected chi connectivity index (χ3v) is 2.92. The fourth-order valence-electron chi connectivity index (χ4n) is 2.07. The summed E-state index contributed by atoms with van der Waals surface area (Å²) in [5, 5.41) is 10.6. The van der Waals surface area contributed by atoms with Gasteiger partial charge in [0.15, 0.2) is 5.82 Å². The van der Waals surface area contributed by atoms with Gasteiger partial charge >= 0.3 is 0 Å². The van der Waals surface area contributed by atoms with E-state index in [0.717, 1.165) is 31.7 Å². The Kier molecular flexibility index (Phi) is 3.34. The van der Waals surface area contributed by atoms with E-state index < -0.39 is 0 Å². The van der Waals surface area contributed by atoms with Crippen LogP contribution in [0.15, 0.2) is 18.3 Å². The van der Waals surface area contributed by atoms with Crippen LogP contribution in [0.25, 0.3) is 0 Å². The predicted octanol–water partition coefficient (Wildman–Crippen LogP) is 0.439. The largest absolute Gasteiger partial charge is 0.359 e. The summed E-state index contributed by atoms with van der Waals surface area (Å²) in [6.45, 7) is 1.69. The normalized spacial score (nSPS) is 20.6. The minimum absolute atomic E-state index is 0.0701. The minimum atomic E-state index is 0.0701. The van der Waals surface area contributed by atoms with Crippen molar-refractivity contribution in [3.63, 3.8) is 0 Å². The average Bonchev–Trinajstić information content (AvgIpc) is 2.39. The minimum Gasteiger partial charge on any atom is -0.359 e. The number of nitrogens with one attached hydrogen (secondary N) is 1. The fraction of sp³-hybridized carbons (Fsp3) is 0.545. The molecular weight excluding hydrogens is 204 g/mol. The summed E-state index contributed by atoms with van der Waals surface area (Å²) in [6, 6.07) is 3.80. The number of carbonyl (C=O) groups excluding carboxylic acids is 1. The molecule has 1 aliphatic rings. The number of piperidine rings is 1. The fourth-order valence-corrected chi connectivity index (χ4v) is 2.07. The van der Waals surface area contributed by atoms with E-state index in [1.807, 2.05) is 12.1 Å². The lowest BCUT2D eigenvalue weighted by molar-refractivity contribution is -0.124. The van der Waals surface area contributed by atoms with Gasteiger partial charge in [-0.05, 0) is 25.0 Å². The van der Waals surface area contributed by atoms with E-state index in [1.165, 1.54) is 0 Å². The summed E-state index contributed by atoms with van der Waals surface area (Å²) < 4.78 is 0. The van der Waals surface area contributed by atoms with Crippen molar-refractivity contribution in [1.29, 1.82) is 0 Å². The van der Waals surface area contributed by atoms with E-state index >= 15 is 0 Å². The molecule has 1 unspecified atom stereocenters. The van der Waals surface area contributed by atoms with Gasteiger partial charge in [0.2, 0.25) is 5.91 Å². The number of anilines is 1. The third-order valence-electron chi connectivity index (χ3n) is 2.92. The predicted molar refractivity (Wildman–Crippen MR) is 61.0 cm³/mol. The highest BCUT2D eigenvalue weighted by Crippen LogP contribution is 2.20. The van der Waals surface area contributed by atoms with E-state index in [9.17, 15) is 4.79 Å². The van der Waals surface area contributed by atoms with Crippen LogP contribution in [0.2, 0.25) is 0 Å². The second-order valence-corrected chi connectivity index (χ2v) is 3.98. The number of aromatic nitrogens is 2. The smallest absolute Gasteiger partial charge is 0.224 e. The highest BCUT2D eigenvalue weighted by atomic mass is 16.1. The van der Waals surface area contributed by atoms with Gasteiger partial charge in [0.25, 0.3) is 0 Å². The number of nitrogens with zero attached hydrogens (tertiary/aromatic N) is 3. The Morgan fingerprint density at radius 2 is 2.50 bits per heavy atom. The van der Waals surface area contributed by atoms with Crippen LogP contribution in [-0.2, 0) is 4.79 Å². The molecule has 1 saturated heterocycles. The Balaban J connectivity index is 2.05. The van der Waals surface area contributed by atoms with Gasteiger partial charge in [0, 0.05) is 26.3 Å². The lowest BCUT2D eigenvalue weighted by Gasteiger charge is -2.32. The molecule has 0 spiro atoms. The zero-order valence-electron chi connectivity index (χ0n) is 9.39. The van der Waals surface area contributed by atoms with E-state index in [1.54, 1.807) is 13.2 Å². The molecule has 0 aliphatic carbocycles. The summed E-state index contributed by atoms with van der Waals surface area (Å²) in [7, 11) is 1.68. The first-order valence-electron chi connectivity index (χ1n) is 5.55. The molecule has 0 aromatic carbocycles. The van der Waals surface area contributed by atoms with E-state index in [-0.39, 0.29) is 11.8 Å². The highest BCUT2D eigenvalue weighted by molar-refractivity contribution is 5.79. The maximum atomic E-state index is 11.6. The molecule has 1 atom stereocenters. The van der Waals surface area contributed by atoms with Crippen LogP contribution < -0.4 is 10.2 Å². The summed E-state index contributed by atoms with van der Waals surface area (Å²) in [5.41, 5.74) is 0. The third kappa shape index (κ3) is 2.29. The van der Waals surface area contributed by atoms with E-state index in [2.05, 4.69) is 20.4 Å². The molecule has 2 heterocycles. The topological polar surface area (TPSA) is 58.1 Å². The van der Waals surface area contributed by atoms with Crippen LogP contribution in [0.4, 0.5) is 5.82 Å². The SMILES string of the molecule is CNC(=O)C1CCCN(c2cccnn2)C1. The molecule has 2 rings (SSSR count). The van der Waals surface area contributed by atoms with Crippen LogP contribution >= 0.6 is 0 Å². The van der Waals surface area contributed by atoms with Gasteiger partial charge in [0.05, 0.1) is 5.92 Å². The van der Waals surface area contributed by atoms with E-state index in [4.69, 9.17) is 0 Å². The average molecular weight is 220 g/mol. The van der Waals surface area contributed by atoms with Crippen LogP contribution in [-0.4, -0.2) is 36.2 Å². The molecule has 0 bridgehead atoms. The van der Waals surface area contributed by atoms with E-state index in [0.29, 0.717) is 0 Å². The van der Waals surface area contributed by atoms with Gasteiger partial charge in [-0.25, -0.2) is 0 Å². The van der Waals surface area contributed by atoms with Crippen molar-refractivity contribution in [2.24, 2.45) is 5.92 Å². The molecule has 1 fully saturated rings. The van der Waals surface area contributed by atoms with Crippen LogP contribution in [0, 0.1) is 5.92 Å². The molecule has 5 nitrogen and oxygen atoms in total. The number of hydrogen-bond acceptors (Lipinski definition) is 4. The summed E-state index contributed by atoms with van der Waals surface area (Å²) in [6.07, 6.45) is 3.63. The van der Waals surface area contributed by atoms with Crippen molar-refractivity contribution in [3.05, 3.63) is 18.3 Å². The van der Waals surface area contributed by atoms with Crippen molar-refractivity contribution in [1.82, 2.24) is 15.5 Å².